The van der Waals surface area contributed by atoms with E-state index in [0.29, 0.717) is 13.2 Å². The quantitative estimate of drug-likeness (QED) is 0.545. The lowest BCUT2D eigenvalue weighted by Gasteiger charge is -2.17. The number of carbonyl (C=O) groups is 1. The normalized spacial score (nSPS) is 9.08. The second-order valence-corrected chi connectivity index (χ2v) is 2.15. The molecular weight excluding hydrogens is 158 g/mol. The maximum Gasteiger partial charge on any atom is 0.298 e. The highest BCUT2D eigenvalue weighted by Gasteiger charge is 2.08. The average molecular weight is 171 g/mol. The molecule has 0 bridgehead atoms. The van der Waals surface area contributed by atoms with Crippen LogP contribution in [0.15, 0.2) is 0 Å². The van der Waals surface area contributed by atoms with Gasteiger partial charge in [0.05, 0.1) is 13.2 Å². The molecule has 0 saturated carbocycles. The monoisotopic (exact) mass is 171 g/mol. The van der Waals surface area contributed by atoms with Crippen molar-refractivity contribution in [1.29, 1.82) is 0 Å². The standard InChI is InChI=1S/C8H13NO3/c1-3-8(11)9(4-6-10)5-7-12-2/h1,10H,4-7H2,2H3. The molecule has 0 heterocycles. The first-order chi connectivity index (χ1) is 5.76. The van der Waals surface area contributed by atoms with Gasteiger partial charge in [-0.25, -0.2) is 0 Å². The average Bonchev–Trinajstić information content (AvgIpc) is 2.11. The maximum absolute atomic E-state index is 10.9. The third kappa shape index (κ3) is 3.96. The number of aliphatic hydroxyl groups excluding tert-OH is 1. The summed E-state index contributed by atoms with van der Waals surface area (Å²) in [7, 11) is 1.54. The number of terminal acetylenes is 1. The fourth-order valence-corrected chi connectivity index (χ4v) is 0.728. The number of nitrogens with zero attached hydrogens (tertiary/aromatic N) is 1. The molecule has 0 aliphatic carbocycles. The minimum absolute atomic E-state index is 0.0862. The van der Waals surface area contributed by atoms with Crippen molar-refractivity contribution >= 4 is 5.91 Å². The topological polar surface area (TPSA) is 49.8 Å². The molecule has 0 atom stereocenters. The first-order valence-electron chi connectivity index (χ1n) is 3.61. The highest BCUT2D eigenvalue weighted by molar-refractivity contribution is 5.92. The zero-order valence-electron chi connectivity index (χ0n) is 7.12. The van der Waals surface area contributed by atoms with E-state index in [1.807, 2.05) is 5.92 Å². The van der Waals surface area contributed by atoms with E-state index in [1.54, 1.807) is 0 Å². The van der Waals surface area contributed by atoms with Gasteiger partial charge in [0.1, 0.15) is 0 Å². The van der Waals surface area contributed by atoms with Gasteiger partial charge in [0.2, 0.25) is 0 Å². The van der Waals surface area contributed by atoms with Gasteiger partial charge in [-0.05, 0) is 5.92 Å². The van der Waals surface area contributed by atoms with Crippen molar-refractivity contribution in [2.75, 3.05) is 33.4 Å². The van der Waals surface area contributed by atoms with E-state index < -0.39 is 5.91 Å². The Balaban J connectivity index is 3.87. The minimum Gasteiger partial charge on any atom is -0.395 e. The van der Waals surface area contributed by atoms with Gasteiger partial charge >= 0.3 is 0 Å². The first-order valence-corrected chi connectivity index (χ1v) is 3.61. The smallest absolute Gasteiger partial charge is 0.298 e. The highest BCUT2D eigenvalue weighted by atomic mass is 16.5. The van der Waals surface area contributed by atoms with Gasteiger partial charge < -0.3 is 14.7 Å². The van der Waals surface area contributed by atoms with E-state index in [9.17, 15) is 4.79 Å². The van der Waals surface area contributed by atoms with Crippen molar-refractivity contribution < 1.29 is 14.6 Å². The van der Waals surface area contributed by atoms with E-state index in [0.717, 1.165) is 0 Å². The van der Waals surface area contributed by atoms with E-state index in [-0.39, 0.29) is 13.2 Å². The predicted octanol–water partition coefficient (Wildman–Crippen LogP) is -0.913. The van der Waals surface area contributed by atoms with Crippen molar-refractivity contribution in [2.24, 2.45) is 0 Å². The molecule has 68 valence electrons. The van der Waals surface area contributed by atoms with Crippen LogP contribution in [0.4, 0.5) is 0 Å². The van der Waals surface area contributed by atoms with Crippen LogP contribution in [0.1, 0.15) is 0 Å². The largest absolute Gasteiger partial charge is 0.395 e. The molecule has 0 aliphatic rings. The lowest BCUT2D eigenvalue weighted by molar-refractivity contribution is -0.126. The molecule has 0 aliphatic heterocycles. The van der Waals surface area contributed by atoms with Crippen LogP contribution < -0.4 is 0 Å². The Bertz CT molecular complexity index is 174. The molecule has 0 unspecified atom stereocenters. The van der Waals surface area contributed by atoms with Crippen molar-refractivity contribution in [3.05, 3.63) is 0 Å². The van der Waals surface area contributed by atoms with Crippen molar-refractivity contribution in [2.45, 2.75) is 0 Å². The molecule has 0 rings (SSSR count). The molecule has 0 aromatic carbocycles. The third-order valence-corrected chi connectivity index (χ3v) is 1.35. The van der Waals surface area contributed by atoms with Crippen molar-refractivity contribution in [3.63, 3.8) is 0 Å². The van der Waals surface area contributed by atoms with Gasteiger partial charge in [-0.1, -0.05) is 0 Å². The second kappa shape index (κ2) is 6.65. The summed E-state index contributed by atoms with van der Waals surface area (Å²) < 4.78 is 4.77. The summed E-state index contributed by atoms with van der Waals surface area (Å²) in [6.07, 6.45) is 4.91. The minimum atomic E-state index is -0.416. The van der Waals surface area contributed by atoms with Crippen molar-refractivity contribution in [1.82, 2.24) is 4.90 Å². The number of rotatable bonds is 5. The molecule has 1 N–H and O–H groups in total. The Morgan fingerprint density at radius 3 is 2.75 bits per heavy atom. The number of hydrogen-bond acceptors (Lipinski definition) is 3. The molecule has 0 radical (unpaired) electrons. The van der Waals surface area contributed by atoms with Crippen LogP contribution >= 0.6 is 0 Å². The molecule has 0 spiro atoms. The highest BCUT2D eigenvalue weighted by Crippen LogP contribution is 1.88. The molecular formula is C8H13NO3. The Morgan fingerprint density at radius 1 is 1.67 bits per heavy atom. The Kier molecular flexibility index (Phi) is 6.07. The van der Waals surface area contributed by atoms with Gasteiger partial charge in [-0.2, -0.15) is 0 Å². The predicted molar refractivity (Wildman–Crippen MR) is 44.4 cm³/mol. The number of aliphatic hydroxyl groups is 1. The van der Waals surface area contributed by atoms with Crippen LogP contribution in [0.3, 0.4) is 0 Å². The SMILES string of the molecule is C#CC(=O)N(CCO)CCOC. The molecule has 4 heteroatoms. The number of carbonyl (C=O) groups excluding carboxylic acids is 1. The fourth-order valence-electron chi connectivity index (χ4n) is 0.728. The van der Waals surface area contributed by atoms with Crippen LogP contribution in [0.25, 0.3) is 0 Å². The summed E-state index contributed by atoms with van der Waals surface area (Å²) in [6, 6.07) is 0. The Morgan fingerprint density at radius 2 is 2.33 bits per heavy atom. The van der Waals surface area contributed by atoms with E-state index in [2.05, 4.69) is 0 Å². The van der Waals surface area contributed by atoms with Crippen LogP contribution in [0.2, 0.25) is 0 Å². The van der Waals surface area contributed by atoms with Gasteiger partial charge in [0.25, 0.3) is 5.91 Å². The molecule has 1 amide bonds. The number of hydrogen-bond donors (Lipinski definition) is 1. The molecule has 0 fully saturated rings. The van der Waals surface area contributed by atoms with Crippen LogP contribution in [-0.4, -0.2) is 49.3 Å². The Hall–Kier alpha value is -1.05. The van der Waals surface area contributed by atoms with Gasteiger partial charge in [0, 0.05) is 20.2 Å². The van der Waals surface area contributed by atoms with Gasteiger partial charge in [0.15, 0.2) is 0 Å². The number of ether oxygens (including phenoxy) is 1. The summed E-state index contributed by atoms with van der Waals surface area (Å²) in [5.74, 6) is 1.56. The van der Waals surface area contributed by atoms with E-state index >= 15 is 0 Å². The molecule has 0 aromatic heterocycles. The summed E-state index contributed by atoms with van der Waals surface area (Å²) in [4.78, 5) is 12.3. The van der Waals surface area contributed by atoms with Gasteiger partial charge in [-0.15, -0.1) is 6.42 Å². The molecule has 0 aromatic rings. The first kappa shape index (κ1) is 11.0. The lowest BCUT2D eigenvalue weighted by atomic mass is 10.4. The maximum atomic E-state index is 10.9. The summed E-state index contributed by atoms with van der Waals surface area (Å²) >= 11 is 0. The zero-order valence-corrected chi connectivity index (χ0v) is 7.12. The van der Waals surface area contributed by atoms with Crippen LogP contribution in [-0.2, 0) is 9.53 Å². The second-order valence-electron chi connectivity index (χ2n) is 2.15. The Labute approximate surface area is 72.1 Å². The molecule has 4 nitrogen and oxygen atoms in total. The molecule has 12 heavy (non-hydrogen) atoms. The third-order valence-electron chi connectivity index (χ3n) is 1.35. The lowest BCUT2D eigenvalue weighted by Crippen LogP contribution is -2.35. The molecule has 0 saturated heterocycles. The van der Waals surface area contributed by atoms with Gasteiger partial charge in [-0.3, -0.25) is 4.79 Å². The van der Waals surface area contributed by atoms with Crippen LogP contribution in [0, 0.1) is 12.3 Å². The fraction of sp³-hybridized carbons (Fsp3) is 0.625. The zero-order chi connectivity index (χ0) is 9.40. The summed E-state index contributed by atoms with van der Waals surface area (Å²) in [5.41, 5.74) is 0. The van der Waals surface area contributed by atoms with E-state index in [4.69, 9.17) is 16.3 Å². The van der Waals surface area contributed by atoms with Crippen LogP contribution in [0.5, 0.6) is 0 Å². The van der Waals surface area contributed by atoms with E-state index in [1.165, 1.54) is 12.0 Å². The summed E-state index contributed by atoms with van der Waals surface area (Å²) in [5, 5.41) is 8.58. The summed E-state index contributed by atoms with van der Waals surface area (Å²) in [6.45, 7) is 1.01. The number of methoxy groups -OCH3 is 1. The van der Waals surface area contributed by atoms with Crippen molar-refractivity contribution in [3.8, 4) is 12.3 Å². The number of amides is 1.